The lowest BCUT2D eigenvalue weighted by molar-refractivity contribution is 0.601. The molecular formula is C16H18ClNO2S. The van der Waals surface area contributed by atoms with Gasteiger partial charge < -0.3 is 5.32 Å². The molecule has 2 rings (SSSR count). The van der Waals surface area contributed by atoms with Crippen molar-refractivity contribution in [3.8, 4) is 0 Å². The molecule has 2 aromatic rings. The minimum atomic E-state index is -3.18. The summed E-state index contributed by atoms with van der Waals surface area (Å²) in [6.45, 7) is 2.80. The first-order valence-corrected chi connectivity index (χ1v) is 8.98. The summed E-state index contributed by atoms with van der Waals surface area (Å²) in [4.78, 5) is 0.320. The van der Waals surface area contributed by atoms with Crippen LogP contribution < -0.4 is 5.32 Å². The lowest BCUT2D eigenvalue weighted by Gasteiger charge is -2.20. The summed E-state index contributed by atoms with van der Waals surface area (Å²) in [5, 5.41) is 4.07. The summed E-state index contributed by atoms with van der Waals surface area (Å²) in [6.07, 6.45) is 1.21. The number of benzene rings is 2. The Morgan fingerprint density at radius 3 is 2.24 bits per heavy atom. The second kappa shape index (κ2) is 6.60. The molecule has 0 radical (unpaired) electrons. The third-order valence-electron chi connectivity index (χ3n) is 3.27. The summed E-state index contributed by atoms with van der Waals surface area (Å²) in [5.41, 5.74) is 1.96. The molecule has 0 aliphatic carbocycles. The molecule has 3 nitrogen and oxygen atoms in total. The quantitative estimate of drug-likeness (QED) is 0.916. The molecule has 0 aliphatic rings. The molecule has 0 aromatic heterocycles. The van der Waals surface area contributed by atoms with E-state index in [9.17, 15) is 8.42 Å². The molecular weight excluding hydrogens is 306 g/mol. The maximum atomic E-state index is 11.5. The lowest BCUT2D eigenvalue weighted by Crippen LogP contribution is -2.22. The second-order valence-corrected chi connectivity index (χ2v) is 7.28. The Morgan fingerprint density at radius 1 is 1.10 bits per heavy atom. The predicted molar refractivity (Wildman–Crippen MR) is 86.5 cm³/mol. The van der Waals surface area contributed by atoms with Crippen molar-refractivity contribution in [2.75, 3.05) is 12.8 Å². The third-order valence-corrected chi connectivity index (χ3v) is 4.74. The SMILES string of the molecule is CCNC(c1ccc(S(C)(=O)=O)cc1)c1ccccc1Cl. The first-order chi connectivity index (χ1) is 9.93. The summed E-state index contributed by atoms with van der Waals surface area (Å²) >= 11 is 6.27. The van der Waals surface area contributed by atoms with Crippen LogP contribution in [0.3, 0.4) is 0 Å². The Labute approximate surface area is 130 Å². The molecule has 21 heavy (non-hydrogen) atoms. The van der Waals surface area contributed by atoms with Gasteiger partial charge in [0, 0.05) is 11.3 Å². The molecule has 1 unspecified atom stereocenters. The number of hydrogen-bond donors (Lipinski definition) is 1. The van der Waals surface area contributed by atoms with Crippen molar-refractivity contribution in [3.63, 3.8) is 0 Å². The molecule has 0 bridgehead atoms. The molecule has 0 fully saturated rings. The van der Waals surface area contributed by atoms with E-state index in [0.29, 0.717) is 9.92 Å². The van der Waals surface area contributed by atoms with E-state index >= 15 is 0 Å². The van der Waals surface area contributed by atoms with E-state index in [-0.39, 0.29) is 6.04 Å². The molecule has 0 spiro atoms. The van der Waals surface area contributed by atoms with E-state index in [1.807, 2.05) is 43.3 Å². The zero-order chi connectivity index (χ0) is 15.5. The van der Waals surface area contributed by atoms with E-state index in [1.54, 1.807) is 12.1 Å². The number of rotatable bonds is 5. The summed E-state index contributed by atoms with van der Waals surface area (Å²) in [7, 11) is -3.18. The van der Waals surface area contributed by atoms with Crippen LogP contribution >= 0.6 is 11.6 Å². The van der Waals surface area contributed by atoms with Crippen LogP contribution in [0.4, 0.5) is 0 Å². The van der Waals surface area contributed by atoms with Gasteiger partial charge in [-0.2, -0.15) is 0 Å². The van der Waals surface area contributed by atoms with Gasteiger partial charge in [0.2, 0.25) is 0 Å². The van der Waals surface area contributed by atoms with Crippen LogP contribution in [-0.4, -0.2) is 21.2 Å². The molecule has 0 saturated heterocycles. The zero-order valence-corrected chi connectivity index (χ0v) is 13.6. The Bertz CT molecular complexity index is 711. The monoisotopic (exact) mass is 323 g/mol. The van der Waals surface area contributed by atoms with Crippen LogP contribution in [0.5, 0.6) is 0 Å². The Kier molecular flexibility index (Phi) is 5.04. The van der Waals surface area contributed by atoms with Crippen molar-refractivity contribution in [3.05, 3.63) is 64.7 Å². The van der Waals surface area contributed by atoms with Crippen LogP contribution in [0.2, 0.25) is 5.02 Å². The van der Waals surface area contributed by atoms with E-state index < -0.39 is 9.84 Å². The van der Waals surface area contributed by atoms with Crippen molar-refractivity contribution < 1.29 is 8.42 Å². The minimum absolute atomic E-state index is 0.0580. The second-order valence-electron chi connectivity index (χ2n) is 4.85. The Morgan fingerprint density at radius 2 is 1.71 bits per heavy atom. The summed E-state index contributed by atoms with van der Waals surface area (Å²) < 4.78 is 23.1. The Balaban J connectivity index is 2.42. The average Bonchev–Trinajstić information content (AvgIpc) is 2.45. The first-order valence-electron chi connectivity index (χ1n) is 6.71. The summed E-state index contributed by atoms with van der Waals surface area (Å²) in [6, 6.07) is 14.5. The number of halogens is 1. The maximum absolute atomic E-state index is 11.5. The minimum Gasteiger partial charge on any atom is -0.306 e. The number of sulfone groups is 1. The van der Waals surface area contributed by atoms with Gasteiger partial charge in [0.1, 0.15) is 0 Å². The van der Waals surface area contributed by atoms with Gasteiger partial charge in [0.05, 0.1) is 10.9 Å². The van der Waals surface area contributed by atoms with E-state index in [1.165, 1.54) is 6.26 Å². The van der Waals surface area contributed by atoms with E-state index in [0.717, 1.165) is 17.7 Å². The fourth-order valence-corrected chi connectivity index (χ4v) is 3.10. The molecule has 0 saturated carbocycles. The van der Waals surface area contributed by atoms with Crippen molar-refractivity contribution >= 4 is 21.4 Å². The predicted octanol–water partition coefficient (Wildman–Crippen LogP) is 3.44. The van der Waals surface area contributed by atoms with Gasteiger partial charge in [-0.1, -0.05) is 48.9 Å². The molecule has 0 amide bonds. The first kappa shape index (κ1) is 16.0. The molecule has 0 heterocycles. The fraction of sp³-hybridized carbons (Fsp3) is 0.250. The smallest absolute Gasteiger partial charge is 0.175 e. The number of hydrogen-bond acceptors (Lipinski definition) is 3. The molecule has 1 atom stereocenters. The van der Waals surface area contributed by atoms with Gasteiger partial charge in [0.15, 0.2) is 9.84 Å². The standard InChI is InChI=1S/C16H18ClNO2S/c1-3-18-16(14-6-4-5-7-15(14)17)12-8-10-13(11-9-12)21(2,19)20/h4-11,16,18H,3H2,1-2H3. The summed E-state index contributed by atoms with van der Waals surface area (Å²) in [5.74, 6) is 0. The highest BCUT2D eigenvalue weighted by atomic mass is 35.5. The van der Waals surface area contributed by atoms with E-state index in [2.05, 4.69) is 5.32 Å². The molecule has 5 heteroatoms. The van der Waals surface area contributed by atoms with Crippen molar-refractivity contribution in [1.29, 1.82) is 0 Å². The molecule has 0 aliphatic heterocycles. The van der Waals surface area contributed by atoms with E-state index in [4.69, 9.17) is 11.6 Å². The van der Waals surface area contributed by atoms with Crippen LogP contribution in [-0.2, 0) is 9.84 Å². The average molecular weight is 324 g/mol. The zero-order valence-electron chi connectivity index (χ0n) is 12.0. The van der Waals surface area contributed by atoms with Crippen LogP contribution in [0.1, 0.15) is 24.1 Å². The molecule has 112 valence electrons. The highest BCUT2D eigenvalue weighted by Crippen LogP contribution is 2.28. The normalized spacial score (nSPS) is 13.1. The molecule has 2 aromatic carbocycles. The van der Waals surface area contributed by atoms with Gasteiger partial charge in [-0.15, -0.1) is 0 Å². The fourth-order valence-electron chi connectivity index (χ4n) is 2.23. The van der Waals surface area contributed by atoms with Crippen LogP contribution in [0.25, 0.3) is 0 Å². The number of nitrogens with one attached hydrogen (secondary N) is 1. The largest absolute Gasteiger partial charge is 0.306 e. The van der Waals surface area contributed by atoms with Crippen LogP contribution in [0.15, 0.2) is 53.4 Å². The van der Waals surface area contributed by atoms with Gasteiger partial charge >= 0.3 is 0 Å². The Hall–Kier alpha value is -1.36. The van der Waals surface area contributed by atoms with Gasteiger partial charge in [-0.05, 0) is 35.9 Å². The molecule has 1 N–H and O–H groups in total. The van der Waals surface area contributed by atoms with Crippen molar-refractivity contribution in [1.82, 2.24) is 5.32 Å². The maximum Gasteiger partial charge on any atom is 0.175 e. The topological polar surface area (TPSA) is 46.2 Å². The highest BCUT2D eigenvalue weighted by Gasteiger charge is 2.16. The van der Waals surface area contributed by atoms with Gasteiger partial charge in [-0.3, -0.25) is 0 Å². The van der Waals surface area contributed by atoms with Gasteiger partial charge in [0.25, 0.3) is 0 Å². The van der Waals surface area contributed by atoms with Crippen LogP contribution in [0, 0.1) is 0 Å². The lowest BCUT2D eigenvalue weighted by atomic mass is 9.98. The third kappa shape index (κ3) is 3.84. The van der Waals surface area contributed by atoms with Crippen molar-refractivity contribution in [2.45, 2.75) is 17.9 Å². The highest BCUT2D eigenvalue weighted by molar-refractivity contribution is 7.90. The van der Waals surface area contributed by atoms with Crippen molar-refractivity contribution in [2.24, 2.45) is 0 Å². The van der Waals surface area contributed by atoms with Gasteiger partial charge in [-0.25, -0.2) is 8.42 Å².